The first-order chi connectivity index (χ1) is 14.2. The number of aromatic amines is 1. The van der Waals surface area contributed by atoms with Gasteiger partial charge in [-0.3, -0.25) is 9.69 Å². The Morgan fingerprint density at radius 2 is 2.17 bits per heavy atom. The van der Waals surface area contributed by atoms with Crippen LogP contribution in [0, 0.1) is 0 Å². The normalized spacial score (nSPS) is 22.1. The van der Waals surface area contributed by atoms with Gasteiger partial charge in [-0.2, -0.15) is 0 Å². The maximum Gasteiger partial charge on any atom is 0.251 e. The van der Waals surface area contributed by atoms with Crippen LogP contribution >= 0.6 is 0 Å². The van der Waals surface area contributed by atoms with E-state index < -0.39 is 0 Å². The first kappa shape index (κ1) is 18.2. The molecule has 2 aromatic carbocycles. The number of fused-ring (bicyclic) bond motifs is 2. The monoisotopic (exact) mass is 390 g/mol. The number of ether oxygens (including phenoxy) is 1. The molecule has 2 aliphatic rings. The molecule has 6 heteroatoms. The summed E-state index contributed by atoms with van der Waals surface area (Å²) < 4.78 is 5.66. The number of rotatable bonds is 3. The molecule has 1 amide bonds. The van der Waals surface area contributed by atoms with E-state index in [0.29, 0.717) is 5.56 Å². The number of piperidine rings is 1. The zero-order chi connectivity index (χ0) is 19.8. The third-order valence-electron chi connectivity index (χ3n) is 6.10. The van der Waals surface area contributed by atoms with Gasteiger partial charge in [-0.05, 0) is 68.6 Å². The zero-order valence-corrected chi connectivity index (χ0v) is 16.6. The van der Waals surface area contributed by atoms with Crippen molar-refractivity contribution in [1.29, 1.82) is 0 Å². The molecular formula is C23H26N4O2. The highest BCUT2D eigenvalue weighted by Crippen LogP contribution is 2.30. The largest absolute Gasteiger partial charge is 0.493 e. The van der Waals surface area contributed by atoms with Gasteiger partial charge in [0.15, 0.2) is 0 Å². The first-order valence-corrected chi connectivity index (χ1v) is 10.4. The number of amides is 1. The van der Waals surface area contributed by atoms with Gasteiger partial charge in [-0.25, -0.2) is 4.98 Å². The fraction of sp³-hybridized carbons (Fsp3) is 0.391. The molecule has 1 unspecified atom stereocenters. The minimum atomic E-state index is -0.00344. The van der Waals surface area contributed by atoms with E-state index in [2.05, 4.69) is 22.2 Å². The summed E-state index contributed by atoms with van der Waals surface area (Å²) in [5.41, 5.74) is 3.89. The van der Waals surface area contributed by atoms with Crippen LogP contribution < -0.4 is 10.1 Å². The molecule has 150 valence electrons. The van der Waals surface area contributed by atoms with Crippen molar-refractivity contribution in [3.8, 4) is 5.75 Å². The molecule has 3 heterocycles. The Morgan fingerprint density at radius 1 is 1.28 bits per heavy atom. The Labute approximate surface area is 170 Å². The summed E-state index contributed by atoms with van der Waals surface area (Å²) in [6.45, 7) is 1.68. The van der Waals surface area contributed by atoms with Gasteiger partial charge in [-0.1, -0.05) is 12.1 Å². The predicted octanol–water partition coefficient (Wildman–Crippen LogP) is 3.45. The lowest BCUT2D eigenvalue weighted by molar-refractivity contribution is 0.0884. The van der Waals surface area contributed by atoms with Crippen LogP contribution in [0.3, 0.4) is 0 Å². The number of para-hydroxylation sites is 2. The van der Waals surface area contributed by atoms with Crippen LogP contribution in [0.5, 0.6) is 5.75 Å². The summed E-state index contributed by atoms with van der Waals surface area (Å²) in [5, 5.41) is 3.25. The van der Waals surface area contributed by atoms with E-state index in [9.17, 15) is 4.79 Å². The Balaban J connectivity index is 1.30. The Bertz CT molecular complexity index is 1010. The molecule has 2 N–H and O–H groups in total. The number of imidazole rings is 1. The molecular weight excluding hydrogens is 364 g/mol. The van der Waals surface area contributed by atoms with Gasteiger partial charge in [0.25, 0.3) is 5.91 Å². The minimum absolute atomic E-state index is 0.00344. The average molecular weight is 390 g/mol. The predicted molar refractivity (Wildman–Crippen MR) is 112 cm³/mol. The van der Waals surface area contributed by atoms with Crippen LogP contribution in [0.2, 0.25) is 0 Å². The summed E-state index contributed by atoms with van der Waals surface area (Å²) in [4.78, 5) is 23.4. The summed E-state index contributed by atoms with van der Waals surface area (Å²) in [6.07, 6.45) is 3.76. The van der Waals surface area contributed by atoms with Crippen molar-refractivity contribution in [1.82, 2.24) is 20.2 Å². The van der Waals surface area contributed by atoms with Crippen molar-refractivity contribution in [3.63, 3.8) is 0 Å². The second-order valence-electron chi connectivity index (χ2n) is 8.10. The first-order valence-electron chi connectivity index (χ1n) is 10.4. The van der Waals surface area contributed by atoms with E-state index in [1.54, 1.807) is 0 Å². The smallest absolute Gasteiger partial charge is 0.251 e. The zero-order valence-electron chi connectivity index (χ0n) is 16.6. The standard InChI is InChI=1S/C23H26N4O2/c1-27-11-10-17(14-20(27)22-25-18-6-2-3-7-19(18)26-22)24-23(28)16-8-9-21-15(13-16)5-4-12-29-21/h2-3,6-9,13,17,20H,4-5,10-12,14H2,1H3,(H,24,28)(H,25,26)/t17?,20-/m1/s1. The van der Waals surface area contributed by atoms with Gasteiger partial charge in [0.1, 0.15) is 11.6 Å². The average Bonchev–Trinajstić information content (AvgIpc) is 3.18. The highest BCUT2D eigenvalue weighted by atomic mass is 16.5. The fourth-order valence-corrected chi connectivity index (χ4v) is 4.43. The third kappa shape index (κ3) is 3.60. The Hall–Kier alpha value is -2.86. The van der Waals surface area contributed by atoms with E-state index in [0.717, 1.165) is 67.0 Å². The number of nitrogens with zero attached hydrogens (tertiary/aromatic N) is 2. The number of aryl methyl sites for hydroxylation is 1. The van der Waals surface area contributed by atoms with Crippen molar-refractivity contribution in [2.24, 2.45) is 0 Å². The van der Waals surface area contributed by atoms with E-state index in [-0.39, 0.29) is 18.0 Å². The van der Waals surface area contributed by atoms with Crippen molar-refractivity contribution in [2.45, 2.75) is 37.8 Å². The molecule has 0 aliphatic carbocycles. The number of hydrogen-bond donors (Lipinski definition) is 2. The maximum atomic E-state index is 12.9. The molecule has 0 bridgehead atoms. The van der Waals surface area contributed by atoms with Gasteiger partial charge < -0.3 is 15.0 Å². The molecule has 0 saturated carbocycles. The number of likely N-dealkylation sites (tertiary alicyclic amines) is 1. The molecule has 2 aliphatic heterocycles. The molecule has 1 aromatic heterocycles. The Kier molecular flexibility index (Phi) is 4.72. The fourth-order valence-electron chi connectivity index (χ4n) is 4.43. The van der Waals surface area contributed by atoms with Crippen molar-refractivity contribution in [3.05, 3.63) is 59.4 Å². The lowest BCUT2D eigenvalue weighted by Crippen LogP contribution is -2.45. The molecule has 1 fully saturated rings. The quantitative estimate of drug-likeness (QED) is 0.719. The molecule has 3 aromatic rings. The molecule has 2 atom stereocenters. The number of carbonyl (C=O) groups excluding carboxylic acids is 1. The van der Waals surface area contributed by atoms with Crippen molar-refractivity contribution < 1.29 is 9.53 Å². The van der Waals surface area contributed by atoms with Gasteiger partial charge in [0.2, 0.25) is 0 Å². The van der Waals surface area contributed by atoms with Gasteiger partial charge >= 0.3 is 0 Å². The number of H-pyrrole nitrogens is 1. The van der Waals surface area contributed by atoms with Crippen LogP contribution in [-0.2, 0) is 6.42 Å². The summed E-state index contributed by atoms with van der Waals surface area (Å²) in [6, 6.07) is 14.2. The third-order valence-corrected chi connectivity index (χ3v) is 6.10. The summed E-state index contributed by atoms with van der Waals surface area (Å²) >= 11 is 0. The Morgan fingerprint density at radius 3 is 3.07 bits per heavy atom. The van der Waals surface area contributed by atoms with Crippen LogP contribution in [0.4, 0.5) is 0 Å². The summed E-state index contributed by atoms with van der Waals surface area (Å²) in [5.74, 6) is 1.88. The molecule has 0 spiro atoms. The second-order valence-corrected chi connectivity index (χ2v) is 8.10. The number of benzene rings is 2. The van der Waals surface area contributed by atoms with E-state index in [1.165, 1.54) is 0 Å². The van der Waals surface area contributed by atoms with Crippen LogP contribution in [-0.4, -0.2) is 47.0 Å². The van der Waals surface area contributed by atoms with Crippen LogP contribution in [0.25, 0.3) is 11.0 Å². The van der Waals surface area contributed by atoms with E-state index >= 15 is 0 Å². The molecule has 5 rings (SSSR count). The number of hydrogen-bond acceptors (Lipinski definition) is 4. The minimum Gasteiger partial charge on any atom is -0.493 e. The highest BCUT2D eigenvalue weighted by molar-refractivity contribution is 5.94. The number of nitrogens with one attached hydrogen (secondary N) is 2. The lowest BCUT2D eigenvalue weighted by Gasteiger charge is -2.36. The molecule has 29 heavy (non-hydrogen) atoms. The van der Waals surface area contributed by atoms with Crippen LogP contribution in [0.15, 0.2) is 42.5 Å². The number of aromatic nitrogens is 2. The topological polar surface area (TPSA) is 70.2 Å². The maximum absolute atomic E-state index is 12.9. The van der Waals surface area contributed by atoms with Crippen molar-refractivity contribution >= 4 is 16.9 Å². The summed E-state index contributed by atoms with van der Waals surface area (Å²) in [7, 11) is 2.12. The van der Waals surface area contributed by atoms with Crippen LogP contribution in [0.1, 0.15) is 47.1 Å². The van der Waals surface area contributed by atoms with Crippen molar-refractivity contribution in [2.75, 3.05) is 20.2 Å². The van der Waals surface area contributed by atoms with E-state index in [1.807, 2.05) is 42.5 Å². The molecule has 6 nitrogen and oxygen atoms in total. The lowest BCUT2D eigenvalue weighted by atomic mass is 9.96. The molecule has 0 radical (unpaired) electrons. The highest BCUT2D eigenvalue weighted by Gasteiger charge is 2.30. The van der Waals surface area contributed by atoms with E-state index in [4.69, 9.17) is 9.72 Å². The SMILES string of the molecule is CN1CCC(NC(=O)c2ccc3c(c2)CCCO3)C[C@@H]1c1nc2ccccc2[nH]1. The van der Waals surface area contributed by atoms with Gasteiger partial charge in [0, 0.05) is 18.2 Å². The van der Waals surface area contributed by atoms with Gasteiger partial charge in [-0.15, -0.1) is 0 Å². The molecule has 1 saturated heterocycles. The van der Waals surface area contributed by atoms with Gasteiger partial charge in [0.05, 0.1) is 23.7 Å². The second kappa shape index (κ2) is 7.52. The number of carbonyl (C=O) groups is 1.